The van der Waals surface area contributed by atoms with Crippen LogP contribution in [0, 0.1) is 6.92 Å². The van der Waals surface area contributed by atoms with Crippen molar-refractivity contribution in [2.75, 3.05) is 0 Å². The highest BCUT2D eigenvalue weighted by Gasteiger charge is 2.06. The van der Waals surface area contributed by atoms with Crippen molar-refractivity contribution in [1.82, 2.24) is 10.1 Å². The van der Waals surface area contributed by atoms with E-state index in [0.29, 0.717) is 17.3 Å². The van der Waals surface area contributed by atoms with Gasteiger partial charge in [-0.05, 0) is 26.0 Å². The molecule has 0 spiro atoms. The summed E-state index contributed by atoms with van der Waals surface area (Å²) < 4.78 is 5.00. The fourth-order valence-corrected chi connectivity index (χ4v) is 1.26. The largest absolute Gasteiger partial charge is 0.334 e. The molecule has 4 heteroatoms. The third-order valence-corrected chi connectivity index (χ3v) is 2.07. The molecule has 0 bridgehead atoms. The predicted octanol–water partition coefficient (Wildman–Crippen LogP) is 2.25. The van der Waals surface area contributed by atoms with Crippen LogP contribution in [0.3, 0.4) is 0 Å². The van der Waals surface area contributed by atoms with Gasteiger partial charge in [-0.2, -0.15) is 4.98 Å². The standard InChI is InChI=1S/C11H10N2O2/c1-7(14)9-3-5-10(6-4-9)11-12-8(2)13-15-11/h3-6H,1-2H3. The molecule has 0 atom stereocenters. The Morgan fingerprint density at radius 2 is 1.93 bits per heavy atom. The van der Waals surface area contributed by atoms with Crippen LogP contribution in [0.5, 0.6) is 0 Å². The van der Waals surface area contributed by atoms with Crippen LogP contribution in [0.1, 0.15) is 23.1 Å². The Kier molecular flexibility index (Phi) is 2.33. The van der Waals surface area contributed by atoms with Crippen molar-refractivity contribution in [3.63, 3.8) is 0 Å². The van der Waals surface area contributed by atoms with E-state index in [0.717, 1.165) is 5.56 Å². The summed E-state index contributed by atoms with van der Waals surface area (Å²) in [4.78, 5) is 15.1. The summed E-state index contributed by atoms with van der Waals surface area (Å²) >= 11 is 0. The van der Waals surface area contributed by atoms with Gasteiger partial charge in [0.05, 0.1) is 0 Å². The average Bonchev–Trinajstić information content (AvgIpc) is 2.65. The number of nitrogens with zero attached hydrogens (tertiary/aromatic N) is 2. The average molecular weight is 202 g/mol. The van der Waals surface area contributed by atoms with Gasteiger partial charge in [0.25, 0.3) is 5.89 Å². The molecule has 0 saturated heterocycles. The molecular weight excluding hydrogens is 192 g/mol. The number of carbonyl (C=O) groups excluding carboxylic acids is 1. The molecule has 1 aromatic heterocycles. The first-order chi connectivity index (χ1) is 7.16. The van der Waals surface area contributed by atoms with Crippen LogP contribution < -0.4 is 0 Å². The topological polar surface area (TPSA) is 56.0 Å². The molecule has 0 aliphatic rings. The highest BCUT2D eigenvalue weighted by molar-refractivity contribution is 5.94. The summed E-state index contributed by atoms with van der Waals surface area (Å²) in [6, 6.07) is 7.09. The van der Waals surface area contributed by atoms with E-state index in [-0.39, 0.29) is 5.78 Å². The molecule has 1 aromatic carbocycles. The van der Waals surface area contributed by atoms with Gasteiger partial charge in [0.15, 0.2) is 11.6 Å². The maximum absolute atomic E-state index is 11.0. The summed E-state index contributed by atoms with van der Waals surface area (Å²) in [5, 5.41) is 3.70. The third kappa shape index (κ3) is 1.93. The van der Waals surface area contributed by atoms with Gasteiger partial charge in [-0.15, -0.1) is 0 Å². The Hall–Kier alpha value is -1.97. The third-order valence-electron chi connectivity index (χ3n) is 2.07. The molecule has 0 amide bonds. The molecule has 2 aromatic rings. The number of benzene rings is 1. The maximum atomic E-state index is 11.0. The van der Waals surface area contributed by atoms with E-state index in [1.165, 1.54) is 6.92 Å². The van der Waals surface area contributed by atoms with Gasteiger partial charge in [0.2, 0.25) is 0 Å². The quantitative estimate of drug-likeness (QED) is 0.701. The van der Waals surface area contributed by atoms with Crippen molar-refractivity contribution in [2.24, 2.45) is 0 Å². The van der Waals surface area contributed by atoms with Gasteiger partial charge >= 0.3 is 0 Å². The zero-order chi connectivity index (χ0) is 10.8. The van der Waals surface area contributed by atoms with Gasteiger partial charge in [-0.1, -0.05) is 17.3 Å². The number of carbonyl (C=O) groups is 1. The van der Waals surface area contributed by atoms with E-state index in [9.17, 15) is 4.79 Å². The van der Waals surface area contributed by atoms with E-state index >= 15 is 0 Å². The minimum atomic E-state index is 0.0447. The smallest absolute Gasteiger partial charge is 0.257 e. The van der Waals surface area contributed by atoms with Gasteiger partial charge < -0.3 is 4.52 Å². The summed E-state index contributed by atoms with van der Waals surface area (Å²) in [5.74, 6) is 1.12. The molecular formula is C11H10N2O2. The monoisotopic (exact) mass is 202 g/mol. The van der Waals surface area contributed by atoms with Crippen LogP contribution in [-0.4, -0.2) is 15.9 Å². The van der Waals surface area contributed by atoms with Gasteiger partial charge in [0, 0.05) is 11.1 Å². The SMILES string of the molecule is CC(=O)c1ccc(-c2nc(C)no2)cc1. The highest BCUT2D eigenvalue weighted by atomic mass is 16.5. The first-order valence-electron chi connectivity index (χ1n) is 4.58. The molecule has 0 fully saturated rings. The highest BCUT2D eigenvalue weighted by Crippen LogP contribution is 2.17. The second-order valence-corrected chi connectivity index (χ2v) is 3.28. The molecule has 0 saturated carbocycles. The number of hydrogen-bond acceptors (Lipinski definition) is 4. The van der Waals surface area contributed by atoms with E-state index in [1.54, 1.807) is 31.2 Å². The summed E-state index contributed by atoms with van der Waals surface area (Å²) in [6.45, 7) is 3.29. The van der Waals surface area contributed by atoms with Crippen LogP contribution >= 0.6 is 0 Å². The molecule has 1 heterocycles. The number of ketones is 1. The fraction of sp³-hybridized carbons (Fsp3) is 0.182. The lowest BCUT2D eigenvalue weighted by molar-refractivity contribution is 0.101. The molecule has 0 radical (unpaired) electrons. The van der Waals surface area contributed by atoms with Crippen LogP contribution in [0.4, 0.5) is 0 Å². The second kappa shape index (κ2) is 3.65. The lowest BCUT2D eigenvalue weighted by atomic mass is 10.1. The number of aryl methyl sites for hydroxylation is 1. The molecule has 0 unspecified atom stereocenters. The number of hydrogen-bond donors (Lipinski definition) is 0. The van der Waals surface area contributed by atoms with Crippen molar-refractivity contribution >= 4 is 5.78 Å². The van der Waals surface area contributed by atoms with E-state index < -0.39 is 0 Å². The lowest BCUT2D eigenvalue weighted by Gasteiger charge is -1.96. The molecule has 4 nitrogen and oxygen atoms in total. The Morgan fingerprint density at radius 3 is 2.40 bits per heavy atom. The minimum absolute atomic E-state index is 0.0447. The predicted molar refractivity (Wildman–Crippen MR) is 54.5 cm³/mol. The normalized spacial score (nSPS) is 10.3. The molecule has 2 rings (SSSR count). The first kappa shape index (κ1) is 9.58. The number of Topliss-reactive ketones (excluding diaryl/α,β-unsaturated/α-hetero) is 1. The van der Waals surface area contributed by atoms with Crippen LogP contribution in [0.25, 0.3) is 11.5 Å². The Morgan fingerprint density at radius 1 is 1.27 bits per heavy atom. The van der Waals surface area contributed by atoms with Gasteiger partial charge in [-0.25, -0.2) is 0 Å². The van der Waals surface area contributed by atoms with Crippen molar-refractivity contribution in [2.45, 2.75) is 13.8 Å². The van der Waals surface area contributed by atoms with Crippen LogP contribution in [-0.2, 0) is 0 Å². The Bertz CT molecular complexity index is 486. The maximum Gasteiger partial charge on any atom is 0.257 e. The summed E-state index contributed by atoms with van der Waals surface area (Å²) in [6.07, 6.45) is 0. The second-order valence-electron chi connectivity index (χ2n) is 3.28. The molecule has 0 aliphatic heterocycles. The Labute approximate surface area is 86.9 Å². The van der Waals surface area contributed by atoms with E-state index in [4.69, 9.17) is 4.52 Å². The number of rotatable bonds is 2. The molecule has 0 aliphatic carbocycles. The van der Waals surface area contributed by atoms with Crippen LogP contribution in [0.2, 0.25) is 0 Å². The van der Waals surface area contributed by atoms with Crippen molar-refractivity contribution in [3.05, 3.63) is 35.7 Å². The summed E-state index contributed by atoms with van der Waals surface area (Å²) in [7, 11) is 0. The molecule has 76 valence electrons. The Balaban J connectivity index is 2.35. The molecule has 0 N–H and O–H groups in total. The lowest BCUT2D eigenvalue weighted by Crippen LogP contribution is -1.90. The summed E-state index contributed by atoms with van der Waals surface area (Å²) in [5.41, 5.74) is 1.50. The van der Waals surface area contributed by atoms with Gasteiger partial charge in [0.1, 0.15) is 0 Å². The zero-order valence-electron chi connectivity index (χ0n) is 8.52. The zero-order valence-corrected chi connectivity index (χ0v) is 8.52. The van der Waals surface area contributed by atoms with Crippen molar-refractivity contribution in [3.8, 4) is 11.5 Å². The fourth-order valence-electron chi connectivity index (χ4n) is 1.26. The molecule has 15 heavy (non-hydrogen) atoms. The number of aromatic nitrogens is 2. The minimum Gasteiger partial charge on any atom is -0.334 e. The first-order valence-corrected chi connectivity index (χ1v) is 4.58. The van der Waals surface area contributed by atoms with Crippen LogP contribution in [0.15, 0.2) is 28.8 Å². The van der Waals surface area contributed by atoms with E-state index in [2.05, 4.69) is 10.1 Å². The van der Waals surface area contributed by atoms with E-state index in [1.807, 2.05) is 0 Å². The van der Waals surface area contributed by atoms with Gasteiger partial charge in [-0.3, -0.25) is 4.79 Å². The van der Waals surface area contributed by atoms with Crippen molar-refractivity contribution in [1.29, 1.82) is 0 Å². The van der Waals surface area contributed by atoms with Crippen molar-refractivity contribution < 1.29 is 9.32 Å².